The number of nitrogens with zero attached hydrogens (tertiary/aromatic N) is 1. The van der Waals surface area contributed by atoms with E-state index in [4.69, 9.17) is 4.74 Å². The molecule has 14 heavy (non-hydrogen) atoms. The molecule has 0 atom stereocenters. The monoisotopic (exact) mass is 202 g/mol. The third-order valence-electron chi connectivity index (χ3n) is 1.77. The molecular formula is C10H22N2O2. The largest absolute Gasteiger partial charge is 0.380 e. The summed E-state index contributed by atoms with van der Waals surface area (Å²) in [4.78, 5) is 12.6. The summed E-state index contributed by atoms with van der Waals surface area (Å²) in [5.41, 5.74) is 0. The standard InChI is InChI=1S/C10H22N2O2/c1-9(2)5-7-14-8-6-11-10(13)12(3)4/h9H,5-8H2,1-4H3,(H,11,13). The van der Waals surface area contributed by atoms with Gasteiger partial charge in [0.05, 0.1) is 6.61 Å². The van der Waals surface area contributed by atoms with E-state index in [1.165, 1.54) is 4.90 Å². The van der Waals surface area contributed by atoms with Gasteiger partial charge in [-0.3, -0.25) is 0 Å². The maximum atomic E-state index is 11.0. The van der Waals surface area contributed by atoms with E-state index in [1.54, 1.807) is 14.1 Å². The van der Waals surface area contributed by atoms with Gasteiger partial charge in [0.15, 0.2) is 0 Å². The van der Waals surface area contributed by atoms with Crippen molar-refractivity contribution in [2.24, 2.45) is 5.92 Å². The van der Waals surface area contributed by atoms with Gasteiger partial charge in [0.25, 0.3) is 0 Å². The second-order valence-corrected chi connectivity index (χ2v) is 3.92. The summed E-state index contributed by atoms with van der Waals surface area (Å²) in [7, 11) is 3.43. The normalized spacial score (nSPS) is 10.4. The van der Waals surface area contributed by atoms with Crippen molar-refractivity contribution in [3.05, 3.63) is 0 Å². The molecule has 0 aliphatic rings. The van der Waals surface area contributed by atoms with Crippen LogP contribution in [0.3, 0.4) is 0 Å². The molecule has 4 heteroatoms. The van der Waals surface area contributed by atoms with Crippen molar-refractivity contribution in [3.63, 3.8) is 0 Å². The predicted octanol–water partition coefficient (Wildman–Crippen LogP) is 1.32. The van der Waals surface area contributed by atoms with Crippen molar-refractivity contribution in [2.45, 2.75) is 20.3 Å². The Bertz CT molecular complexity index is 158. The number of amides is 2. The van der Waals surface area contributed by atoms with Crippen LogP contribution in [0.2, 0.25) is 0 Å². The minimum atomic E-state index is -0.0718. The minimum absolute atomic E-state index is 0.0718. The van der Waals surface area contributed by atoms with Gasteiger partial charge in [-0.2, -0.15) is 0 Å². The van der Waals surface area contributed by atoms with Crippen LogP contribution in [0.4, 0.5) is 4.79 Å². The molecule has 0 aromatic rings. The van der Waals surface area contributed by atoms with Gasteiger partial charge in [-0.15, -0.1) is 0 Å². The SMILES string of the molecule is CC(C)CCOCCNC(=O)N(C)C. The average molecular weight is 202 g/mol. The zero-order chi connectivity index (χ0) is 11.0. The van der Waals surface area contributed by atoms with E-state index in [9.17, 15) is 4.79 Å². The molecule has 4 nitrogen and oxygen atoms in total. The van der Waals surface area contributed by atoms with Crippen molar-refractivity contribution in [1.29, 1.82) is 0 Å². The molecule has 1 N–H and O–H groups in total. The summed E-state index contributed by atoms with van der Waals surface area (Å²) in [6.45, 7) is 6.27. The Kier molecular flexibility index (Phi) is 7.20. The second-order valence-electron chi connectivity index (χ2n) is 3.92. The molecule has 0 heterocycles. The molecule has 0 saturated heterocycles. The van der Waals surface area contributed by atoms with Crippen LogP contribution in [0, 0.1) is 5.92 Å². The van der Waals surface area contributed by atoms with E-state index in [0.717, 1.165) is 13.0 Å². The molecule has 0 bridgehead atoms. The molecule has 0 unspecified atom stereocenters. The summed E-state index contributed by atoms with van der Waals surface area (Å²) < 4.78 is 5.34. The molecule has 0 rings (SSSR count). The quantitative estimate of drug-likeness (QED) is 0.660. The molecule has 0 radical (unpaired) electrons. The first kappa shape index (κ1) is 13.2. The Labute approximate surface area is 86.6 Å². The Balaban J connectivity index is 3.18. The highest BCUT2D eigenvalue weighted by molar-refractivity contribution is 5.73. The fraction of sp³-hybridized carbons (Fsp3) is 0.900. The lowest BCUT2D eigenvalue weighted by atomic mass is 10.1. The maximum absolute atomic E-state index is 11.0. The van der Waals surface area contributed by atoms with Crippen LogP contribution < -0.4 is 5.32 Å². The molecule has 0 aromatic heterocycles. The number of carbonyl (C=O) groups excluding carboxylic acids is 1. The van der Waals surface area contributed by atoms with Gasteiger partial charge in [0.2, 0.25) is 0 Å². The Morgan fingerprint density at radius 3 is 2.50 bits per heavy atom. The van der Waals surface area contributed by atoms with E-state index in [-0.39, 0.29) is 6.03 Å². The van der Waals surface area contributed by atoms with Crippen molar-refractivity contribution < 1.29 is 9.53 Å². The zero-order valence-corrected chi connectivity index (χ0v) is 9.67. The van der Waals surface area contributed by atoms with Crippen molar-refractivity contribution in [2.75, 3.05) is 33.9 Å². The molecule has 2 amide bonds. The van der Waals surface area contributed by atoms with E-state index in [1.807, 2.05) is 0 Å². The molecule has 0 fully saturated rings. The summed E-state index contributed by atoms with van der Waals surface area (Å²) in [5.74, 6) is 0.673. The third-order valence-corrected chi connectivity index (χ3v) is 1.77. The van der Waals surface area contributed by atoms with E-state index in [0.29, 0.717) is 19.1 Å². The highest BCUT2D eigenvalue weighted by Crippen LogP contribution is 1.98. The minimum Gasteiger partial charge on any atom is -0.380 e. The zero-order valence-electron chi connectivity index (χ0n) is 9.67. The van der Waals surface area contributed by atoms with Crippen molar-refractivity contribution in [1.82, 2.24) is 10.2 Å². The summed E-state index contributed by atoms with van der Waals surface area (Å²) >= 11 is 0. The van der Waals surface area contributed by atoms with Crippen LogP contribution in [0.1, 0.15) is 20.3 Å². The molecule has 0 aliphatic carbocycles. The highest BCUT2D eigenvalue weighted by atomic mass is 16.5. The lowest BCUT2D eigenvalue weighted by Gasteiger charge is -2.12. The number of nitrogens with one attached hydrogen (secondary N) is 1. The Morgan fingerprint density at radius 2 is 2.00 bits per heavy atom. The van der Waals surface area contributed by atoms with Crippen molar-refractivity contribution >= 4 is 6.03 Å². The number of ether oxygens (including phenoxy) is 1. The third kappa shape index (κ3) is 7.86. The van der Waals surface area contributed by atoms with Crippen molar-refractivity contribution in [3.8, 4) is 0 Å². The number of carbonyl (C=O) groups is 1. The second kappa shape index (κ2) is 7.62. The van der Waals surface area contributed by atoms with Crippen LogP contribution in [0.15, 0.2) is 0 Å². The molecule has 0 aliphatic heterocycles. The Hall–Kier alpha value is -0.770. The first-order chi connectivity index (χ1) is 6.54. The van der Waals surface area contributed by atoms with Gasteiger partial charge < -0.3 is 15.0 Å². The van der Waals surface area contributed by atoms with Crippen LogP contribution in [0.5, 0.6) is 0 Å². The first-order valence-corrected chi connectivity index (χ1v) is 5.07. The number of hydrogen-bond donors (Lipinski definition) is 1. The fourth-order valence-electron chi connectivity index (χ4n) is 0.809. The fourth-order valence-corrected chi connectivity index (χ4v) is 0.809. The van der Waals surface area contributed by atoms with Gasteiger partial charge in [-0.25, -0.2) is 4.79 Å². The summed E-state index contributed by atoms with van der Waals surface area (Å²) in [5, 5.41) is 2.73. The summed E-state index contributed by atoms with van der Waals surface area (Å²) in [6.07, 6.45) is 1.07. The molecule has 0 spiro atoms. The molecule has 0 aromatic carbocycles. The maximum Gasteiger partial charge on any atom is 0.316 e. The van der Waals surface area contributed by atoms with E-state index >= 15 is 0 Å². The van der Waals surface area contributed by atoms with Gasteiger partial charge in [0, 0.05) is 27.2 Å². The molecular weight excluding hydrogens is 180 g/mol. The average Bonchev–Trinajstić information content (AvgIpc) is 2.09. The van der Waals surface area contributed by atoms with Gasteiger partial charge in [0.1, 0.15) is 0 Å². The van der Waals surface area contributed by atoms with E-state index in [2.05, 4.69) is 19.2 Å². The molecule has 84 valence electrons. The highest BCUT2D eigenvalue weighted by Gasteiger charge is 2.00. The van der Waals surface area contributed by atoms with Crippen LogP contribution >= 0.6 is 0 Å². The Morgan fingerprint density at radius 1 is 1.36 bits per heavy atom. The van der Waals surface area contributed by atoms with Gasteiger partial charge >= 0.3 is 6.03 Å². The van der Waals surface area contributed by atoms with Crippen LogP contribution in [0.25, 0.3) is 0 Å². The lowest BCUT2D eigenvalue weighted by Crippen LogP contribution is -2.36. The van der Waals surface area contributed by atoms with Crippen LogP contribution in [-0.2, 0) is 4.74 Å². The number of rotatable bonds is 6. The lowest BCUT2D eigenvalue weighted by molar-refractivity contribution is 0.125. The molecule has 0 saturated carbocycles. The number of hydrogen-bond acceptors (Lipinski definition) is 2. The van der Waals surface area contributed by atoms with E-state index < -0.39 is 0 Å². The van der Waals surface area contributed by atoms with Crippen LogP contribution in [-0.4, -0.2) is 44.8 Å². The summed E-state index contributed by atoms with van der Waals surface area (Å²) in [6, 6.07) is -0.0718. The predicted molar refractivity (Wildman–Crippen MR) is 57.4 cm³/mol. The number of urea groups is 1. The van der Waals surface area contributed by atoms with Gasteiger partial charge in [-0.1, -0.05) is 13.8 Å². The first-order valence-electron chi connectivity index (χ1n) is 5.07. The smallest absolute Gasteiger partial charge is 0.316 e. The topological polar surface area (TPSA) is 41.6 Å². The van der Waals surface area contributed by atoms with Gasteiger partial charge in [-0.05, 0) is 12.3 Å².